The molecule has 0 spiro atoms. The second-order valence-corrected chi connectivity index (χ2v) is 6.29. The van der Waals surface area contributed by atoms with Crippen molar-refractivity contribution in [3.63, 3.8) is 0 Å². The van der Waals surface area contributed by atoms with Crippen molar-refractivity contribution < 1.29 is 14.3 Å². The van der Waals surface area contributed by atoms with Crippen molar-refractivity contribution in [1.29, 1.82) is 0 Å². The largest absolute Gasteiger partial charge is 0.383 e. The Morgan fingerprint density at radius 2 is 1.88 bits per heavy atom. The Bertz CT molecular complexity index is 368. The Balaban J connectivity index is 0.00000264. The molecular weight excluding hydrogens is 353 g/mol. The number of nitrogens with zero attached hydrogens (tertiary/aromatic N) is 2. The molecule has 1 unspecified atom stereocenters. The van der Waals surface area contributed by atoms with Crippen LogP contribution >= 0.6 is 24.8 Å². The number of hydrogen-bond donors (Lipinski definition) is 1. The summed E-state index contributed by atoms with van der Waals surface area (Å²) >= 11 is 0. The molecule has 2 saturated heterocycles. The molecule has 1 N–H and O–H groups in total. The summed E-state index contributed by atoms with van der Waals surface area (Å²) in [6.07, 6.45) is 2.58. The standard InChI is InChI=1S/C16H31N3O3.2ClH/c1-4-14-13-19(10-9-18(14)11-12-21-2)15(20)16(22-3)5-7-17-8-6-16;;/h14,17H,4-13H2,1-3H3;2*1H. The van der Waals surface area contributed by atoms with E-state index in [0.29, 0.717) is 6.04 Å². The van der Waals surface area contributed by atoms with Crippen LogP contribution in [0, 0.1) is 0 Å². The van der Waals surface area contributed by atoms with Crippen molar-refractivity contribution in [2.45, 2.75) is 37.8 Å². The van der Waals surface area contributed by atoms with Crippen LogP contribution in [0.25, 0.3) is 0 Å². The van der Waals surface area contributed by atoms with Crippen LogP contribution in [0.15, 0.2) is 0 Å². The molecule has 24 heavy (non-hydrogen) atoms. The summed E-state index contributed by atoms with van der Waals surface area (Å²) in [6, 6.07) is 0.420. The fraction of sp³-hybridized carbons (Fsp3) is 0.938. The van der Waals surface area contributed by atoms with E-state index in [2.05, 4.69) is 17.1 Å². The van der Waals surface area contributed by atoms with Crippen molar-refractivity contribution in [2.24, 2.45) is 0 Å². The summed E-state index contributed by atoms with van der Waals surface area (Å²) in [5.74, 6) is 0.182. The number of nitrogens with one attached hydrogen (secondary N) is 1. The summed E-state index contributed by atoms with van der Waals surface area (Å²) in [5.41, 5.74) is -0.613. The number of piperazine rings is 1. The zero-order valence-electron chi connectivity index (χ0n) is 15.1. The molecule has 0 radical (unpaired) electrons. The van der Waals surface area contributed by atoms with Crippen LogP contribution in [0.4, 0.5) is 0 Å². The minimum absolute atomic E-state index is 0. The van der Waals surface area contributed by atoms with Crippen molar-refractivity contribution >= 4 is 30.7 Å². The fourth-order valence-corrected chi connectivity index (χ4v) is 3.59. The first-order valence-electron chi connectivity index (χ1n) is 8.45. The van der Waals surface area contributed by atoms with Gasteiger partial charge in [-0.25, -0.2) is 0 Å². The molecular formula is C16H33Cl2N3O3. The number of amides is 1. The minimum atomic E-state index is -0.613. The smallest absolute Gasteiger partial charge is 0.255 e. The van der Waals surface area contributed by atoms with Crippen molar-refractivity contribution in [3.8, 4) is 0 Å². The van der Waals surface area contributed by atoms with Crippen LogP contribution < -0.4 is 5.32 Å². The van der Waals surface area contributed by atoms with E-state index in [-0.39, 0.29) is 30.7 Å². The first kappa shape index (κ1) is 23.9. The maximum Gasteiger partial charge on any atom is 0.255 e. The average molecular weight is 386 g/mol. The van der Waals surface area contributed by atoms with Gasteiger partial charge in [0.2, 0.25) is 0 Å². The van der Waals surface area contributed by atoms with E-state index in [9.17, 15) is 4.79 Å². The van der Waals surface area contributed by atoms with Crippen molar-refractivity contribution in [2.75, 3.05) is 60.1 Å². The molecule has 0 saturated carbocycles. The molecule has 0 bridgehead atoms. The Hall–Kier alpha value is -0.110. The highest BCUT2D eigenvalue weighted by atomic mass is 35.5. The van der Waals surface area contributed by atoms with Gasteiger partial charge >= 0.3 is 0 Å². The number of halogens is 2. The number of rotatable bonds is 6. The van der Waals surface area contributed by atoms with E-state index >= 15 is 0 Å². The second kappa shape index (κ2) is 11.5. The lowest BCUT2D eigenvalue weighted by Gasteiger charge is -2.45. The van der Waals surface area contributed by atoms with Crippen LogP contribution in [0.2, 0.25) is 0 Å². The van der Waals surface area contributed by atoms with E-state index in [0.717, 1.165) is 65.1 Å². The Labute approximate surface area is 158 Å². The lowest BCUT2D eigenvalue weighted by Crippen LogP contribution is -2.61. The summed E-state index contributed by atoms with van der Waals surface area (Å²) < 4.78 is 10.9. The zero-order valence-corrected chi connectivity index (χ0v) is 16.7. The summed E-state index contributed by atoms with van der Waals surface area (Å²) in [4.78, 5) is 17.5. The third kappa shape index (κ3) is 5.44. The van der Waals surface area contributed by atoms with E-state index in [1.165, 1.54) is 0 Å². The molecule has 2 aliphatic heterocycles. The van der Waals surface area contributed by atoms with Gasteiger partial charge in [0.15, 0.2) is 0 Å². The van der Waals surface area contributed by atoms with E-state index in [4.69, 9.17) is 9.47 Å². The SMILES string of the molecule is CCC1CN(C(=O)C2(OC)CCNCC2)CCN1CCOC.Cl.Cl. The summed E-state index contributed by atoms with van der Waals surface area (Å²) in [5, 5.41) is 3.31. The van der Waals surface area contributed by atoms with Gasteiger partial charge in [0.1, 0.15) is 5.60 Å². The van der Waals surface area contributed by atoms with Gasteiger partial charge in [-0.05, 0) is 32.4 Å². The number of methoxy groups -OCH3 is 2. The fourth-order valence-electron chi connectivity index (χ4n) is 3.59. The van der Waals surface area contributed by atoms with Gasteiger partial charge in [-0.3, -0.25) is 9.69 Å². The highest BCUT2D eigenvalue weighted by Crippen LogP contribution is 2.26. The molecule has 0 aromatic rings. The van der Waals surface area contributed by atoms with E-state index < -0.39 is 5.60 Å². The first-order valence-corrected chi connectivity index (χ1v) is 8.45. The van der Waals surface area contributed by atoms with E-state index in [1.807, 2.05) is 4.90 Å². The highest BCUT2D eigenvalue weighted by Gasteiger charge is 2.43. The van der Waals surface area contributed by atoms with Gasteiger partial charge in [0.25, 0.3) is 5.91 Å². The number of ether oxygens (including phenoxy) is 2. The topological polar surface area (TPSA) is 54.0 Å². The van der Waals surface area contributed by atoms with Gasteiger partial charge in [0.05, 0.1) is 6.61 Å². The summed E-state index contributed by atoms with van der Waals surface area (Å²) in [6.45, 7) is 8.10. The van der Waals surface area contributed by atoms with Crippen molar-refractivity contribution in [1.82, 2.24) is 15.1 Å². The monoisotopic (exact) mass is 385 g/mol. The second-order valence-electron chi connectivity index (χ2n) is 6.29. The highest BCUT2D eigenvalue weighted by molar-refractivity contribution is 5.86. The third-order valence-electron chi connectivity index (χ3n) is 5.14. The Morgan fingerprint density at radius 3 is 2.42 bits per heavy atom. The van der Waals surface area contributed by atoms with Gasteiger partial charge < -0.3 is 19.7 Å². The van der Waals surface area contributed by atoms with Crippen molar-refractivity contribution in [3.05, 3.63) is 0 Å². The van der Waals surface area contributed by atoms with Crippen LogP contribution in [0.5, 0.6) is 0 Å². The molecule has 1 atom stereocenters. The third-order valence-corrected chi connectivity index (χ3v) is 5.14. The lowest BCUT2D eigenvalue weighted by molar-refractivity contribution is -0.161. The molecule has 2 rings (SSSR count). The molecule has 0 aliphatic carbocycles. The van der Waals surface area contributed by atoms with Crippen LogP contribution in [-0.2, 0) is 14.3 Å². The number of piperidine rings is 1. The molecule has 0 aromatic heterocycles. The maximum absolute atomic E-state index is 13.0. The van der Waals surface area contributed by atoms with E-state index in [1.54, 1.807) is 14.2 Å². The normalized spacial score (nSPS) is 24.0. The number of hydrogen-bond acceptors (Lipinski definition) is 5. The number of carbonyl (C=O) groups is 1. The Morgan fingerprint density at radius 1 is 1.21 bits per heavy atom. The Kier molecular flexibility index (Phi) is 11.4. The molecule has 2 aliphatic rings. The molecule has 144 valence electrons. The van der Waals surface area contributed by atoms with Gasteiger partial charge in [0, 0.05) is 46.4 Å². The average Bonchev–Trinajstić information content (AvgIpc) is 2.59. The maximum atomic E-state index is 13.0. The molecule has 6 nitrogen and oxygen atoms in total. The van der Waals surface area contributed by atoms with Gasteiger partial charge in [-0.1, -0.05) is 6.92 Å². The lowest BCUT2D eigenvalue weighted by atomic mass is 9.90. The molecule has 1 amide bonds. The van der Waals surface area contributed by atoms with Gasteiger partial charge in [-0.2, -0.15) is 0 Å². The molecule has 8 heteroatoms. The molecule has 2 heterocycles. The summed E-state index contributed by atoms with van der Waals surface area (Å²) in [7, 11) is 3.41. The predicted octanol–water partition coefficient (Wildman–Crippen LogP) is 1.17. The molecule has 2 fully saturated rings. The van der Waals surface area contributed by atoms with Crippen LogP contribution in [0.3, 0.4) is 0 Å². The minimum Gasteiger partial charge on any atom is -0.383 e. The zero-order chi connectivity index (χ0) is 16.0. The quantitative estimate of drug-likeness (QED) is 0.743. The number of carbonyl (C=O) groups excluding carboxylic acids is 1. The molecule has 0 aromatic carbocycles. The first-order chi connectivity index (χ1) is 10.7. The van der Waals surface area contributed by atoms with Crippen LogP contribution in [0.1, 0.15) is 26.2 Å². The van der Waals surface area contributed by atoms with Gasteiger partial charge in [-0.15, -0.1) is 24.8 Å². The van der Waals surface area contributed by atoms with Crippen LogP contribution in [-0.4, -0.2) is 87.4 Å². The predicted molar refractivity (Wildman–Crippen MR) is 100 cm³/mol.